The number of carbonyl (C=O) groups excluding carboxylic acids is 2. The first-order chi connectivity index (χ1) is 7.87. The number of thiazole rings is 1. The maximum absolute atomic E-state index is 11.5. The molecule has 0 aliphatic rings. The number of hydrogen-bond donors (Lipinski definition) is 1. The fourth-order valence-electron chi connectivity index (χ4n) is 1.07. The van der Waals surface area contributed by atoms with Gasteiger partial charge in [-0.3, -0.25) is 4.79 Å². The standard InChI is InChI=1S/C11H16N2O3S/c1-11(2,3)16-10(15)12-5-9(14)4-8-6-17-7-13-8/h6-7H,4-5H2,1-3H3,(H,12,15). The Morgan fingerprint density at radius 1 is 1.47 bits per heavy atom. The first kappa shape index (κ1) is 13.6. The summed E-state index contributed by atoms with van der Waals surface area (Å²) in [6.45, 7) is 5.27. The van der Waals surface area contributed by atoms with E-state index in [-0.39, 0.29) is 18.7 Å². The Hall–Kier alpha value is -1.43. The van der Waals surface area contributed by atoms with Crippen molar-refractivity contribution in [3.63, 3.8) is 0 Å². The number of amides is 1. The largest absolute Gasteiger partial charge is 0.444 e. The summed E-state index contributed by atoms with van der Waals surface area (Å²) in [4.78, 5) is 26.7. The van der Waals surface area contributed by atoms with Crippen LogP contribution in [-0.2, 0) is 16.0 Å². The average molecular weight is 256 g/mol. The van der Waals surface area contributed by atoms with Crippen molar-refractivity contribution in [2.45, 2.75) is 32.8 Å². The van der Waals surface area contributed by atoms with Crippen molar-refractivity contribution in [1.29, 1.82) is 0 Å². The predicted octanol–water partition coefficient (Wildman–Crippen LogP) is 1.78. The third-order valence-corrected chi connectivity index (χ3v) is 2.33. The zero-order chi connectivity index (χ0) is 12.9. The van der Waals surface area contributed by atoms with E-state index in [4.69, 9.17) is 4.74 Å². The summed E-state index contributed by atoms with van der Waals surface area (Å²) >= 11 is 1.44. The van der Waals surface area contributed by atoms with Crippen molar-refractivity contribution in [1.82, 2.24) is 10.3 Å². The number of nitrogens with one attached hydrogen (secondary N) is 1. The average Bonchev–Trinajstić information content (AvgIpc) is 2.64. The van der Waals surface area contributed by atoms with Gasteiger partial charge in [-0.25, -0.2) is 9.78 Å². The molecule has 0 aliphatic carbocycles. The van der Waals surface area contributed by atoms with Crippen LogP contribution in [0.3, 0.4) is 0 Å². The number of Topliss-reactive ketones (excluding diaryl/α,β-unsaturated/α-hetero) is 1. The van der Waals surface area contributed by atoms with Gasteiger partial charge in [-0.2, -0.15) is 0 Å². The van der Waals surface area contributed by atoms with Gasteiger partial charge in [0.05, 0.1) is 24.2 Å². The van der Waals surface area contributed by atoms with Gasteiger partial charge in [-0.15, -0.1) is 11.3 Å². The quantitative estimate of drug-likeness (QED) is 0.891. The third-order valence-electron chi connectivity index (χ3n) is 1.69. The highest BCUT2D eigenvalue weighted by Crippen LogP contribution is 2.06. The van der Waals surface area contributed by atoms with Crippen molar-refractivity contribution < 1.29 is 14.3 Å². The number of aromatic nitrogens is 1. The zero-order valence-electron chi connectivity index (χ0n) is 10.1. The van der Waals surface area contributed by atoms with Crippen LogP contribution < -0.4 is 5.32 Å². The normalized spacial score (nSPS) is 11.0. The van der Waals surface area contributed by atoms with Gasteiger partial charge in [-0.1, -0.05) is 0 Å². The summed E-state index contributed by atoms with van der Waals surface area (Å²) < 4.78 is 5.01. The van der Waals surface area contributed by atoms with E-state index in [0.29, 0.717) is 0 Å². The molecule has 0 unspecified atom stereocenters. The molecular weight excluding hydrogens is 240 g/mol. The van der Waals surface area contributed by atoms with E-state index in [0.717, 1.165) is 5.69 Å². The lowest BCUT2D eigenvalue weighted by molar-refractivity contribution is -0.117. The first-order valence-electron chi connectivity index (χ1n) is 5.22. The predicted molar refractivity (Wildman–Crippen MR) is 65.1 cm³/mol. The summed E-state index contributed by atoms with van der Waals surface area (Å²) in [7, 11) is 0. The minimum absolute atomic E-state index is 0.0353. The highest BCUT2D eigenvalue weighted by molar-refractivity contribution is 7.07. The number of nitrogens with zero attached hydrogens (tertiary/aromatic N) is 1. The molecule has 0 fully saturated rings. The lowest BCUT2D eigenvalue weighted by atomic mass is 10.2. The number of ketones is 1. The molecule has 0 atom stereocenters. The van der Waals surface area contributed by atoms with Crippen LogP contribution >= 0.6 is 11.3 Å². The van der Waals surface area contributed by atoms with E-state index in [1.807, 2.05) is 5.38 Å². The maximum atomic E-state index is 11.5. The second-order valence-electron chi connectivity index (χ2n) is 4.55. The molecule has 17 heavy (non-hydrogen) atoms. The van der Waals surface area contributed by atoms with Crippen LogP contribution in [0.15, 0.2) is 10.9 Å². The van der Waals surface area contributed by atoms with Crippen LogP contribution in [0.5, 0.6) is 0 Å². The van der Waals surface area contributed by atoms with Crippen molar-refractivity contribution in [2.24, 2.45) is 0 Å². The van der Waals surface area contributed by atoms with Crippen LogP contribution in [0.4, 0.5) is 4.79 Å². The van der Waals surface area contributed by atoms with Gasteiger partial charge in [-0.05, 0) is 20.8 Å². The molecule has 6 heteroatoms. The third kappa shape index (κ3) is 6.01. The Balaban J connectivity index is 2.26. The van der Waals surface area contributed by atoms with Crippen LogP contribution in [0.1, 0.15) is 26.5 Å². The molecule has 94 valence electrons. The molecule has 0 saturated heterocycles. The molecule has 1 N–H and O–H groups in total. The first-order valence-corrected chi connectivity index (χ1v) is 6.17. The van der Waals surface area contributed by atoms with Gasteiger partial charge in [0.2, 0.25) is 0 Å². The monoisotopic (exact) mass is 256 g/mol. The topological polar surface area (TPSA) is 68.3 Å². The zero-order valence-corrected chi connectivity index (χ0v) is 11.0. The lowest BCUT2D eigenvalue weighted by Gasteiger charge is -2.19. The molecule has 5 nitrogen and oxygen atoms in total. The minimum atomic E-state index is -0.580. The molecule has 0 bridgehead atoms. The fraction of sp³-hybridized carbons (Fsp3) is 0.545. The van der Waals surface area contributed by atoms with Gasteiger partial charge < -0.3 is 10.1 Å². The summed E-state index contributed by atoms with van der Waals surface area (Å²) in [5, 5.41) is 4.23. The Morgan fingerprint density at radius 2 is 2.18 bits per heavy atom. The summed E-state index contributed by atoms with van der Waals surface area (Å²) in [5.74, 6) is -0.0956. The Labute approximate surface area is 104 Å². The fourth-order valence-corrected chi connectivity index (χ4v) is 1.63. The molecule has 0 aromatic carbocycles. The van der Waals surface area contributed by atoms with Gasteiger partial charge in [0, 0.05) is 5.38 Å². The smallest absolute Gasteiger partial charge is 0.408 e. The Morgan fingerprint density at radius 3 is 2.71 bits per heavy atom. The Bertz CT molecular complexity index is 382. The van der Waals surface area contributed by atoms with Gasteiger partial charge in [0.15, 0.2) is 5.78 Å². The molecule has 1 amide bonds. The van der Waals surface area contributed by atoms with Gasteiger partial charge in [0.25, 0.3) is 0 Å². The molecule has 1 heterocycles. The van der Waals surface area contributed by atoms with Crippen molar-refractivity contribution in [2.75, 3.05) is 6.54 Å². The highest BCUT2D eigenvalue weighted by atomic mass is 32.1. The second-order valence-corrected chi connectivity index (χ2v) is 5.27. The number of rotatable bonds is 4. The number of carbonyl (C=O) groups is 2. The molecular formula is C11H16N2O3S. The van der Waals surface area contributed by atoms with Crippen LogP contribution in [0, 0.1) is 0 Å². The van der Waals surface area contributed by atoms with Crippen molar-refractivity contribution in [3.05, 3.63) is 16.6 Å². The SMILES string of the molecule is CC(C)(C)OC(=O)NCC(=O)Cc1cscn1. The number of hydrogen-bond acceptors (Lipinski definition) is 5. The second kappa shape index (κ2) is 5.77. The Kier molecular flexibility index (Phi) is 4.62. The molecule has 1 aromatic heterocycles. The van der Waals surface area contributed by atoms with E-state index in [2.05, 4.69) is 10.3 Å². The van der Waals surface area contributed by atoms with Crippen LogP contribution in [-0.4, -0.2) is 29.0 Å². The van der Waals surface area contributed by atoms with Gasteiger partial charge >= 0.3 is 6.09 Å². The highest BCUT2D eigenvalue weighted by Gasteiger charge is 2.16. The molecule has 0 spiro atoms. The summed E-state index contributed by atoms with van der Waals surface area (Å²) in [6, 6.07) is 0. The van der Waals surface area contributed by atoms with E-state index in [1.54, 1.807) is 26.3 Å². The molecule has 1 rings (SSSR count). The van der Waals surface area contributed by atoms with E-state index < -0.39 is 11.7 Å². The minimum Gasteiger partial charge on any atom is -0.444 e. The van der Waals surface area contributed by atoms with E-state index in [1.165, 1.54) is 11.3 Å². The summed E-state index contributed by atoms with van der Waals surface area (Å²) in [6.07, 6.45) is -0.344. The number of alkyl carbamates (subject to hydrolysis) is 1. The molecule has 0 aliphatic heterocycles. The van der Waals surface area contributed by atoms with Crippen LogP contribution in [0.2, 0.25) is 0 Å². The summed E-state index contributed by atoms with van der Waals surface area (Å²) in [5.41, 5.74) is 1.84. The van der Waals surface area contributed by atoms with E-state index in [9.17, 15) is 9.59 Å². The van der Waals surface area contributed by atoms with Gasteiger partial charge in [0.1, 0.15) is 5.60 Å². The van der Waals surface area contributed by atoms with Crippen molar-refractivity contribution in [3.8, 4) is 0 Å². The van der Waals surface area contributed by atoms with Crippen molar-refractivity contribution >= 4 is 23.2 Å². The lowest BCUT2D eigenvalue weighted by Crippen LogP contribution is -2.35. The molecule has 0 radical (unpaired) electrons. The maximum Gasteiger partial charge on any atom is 0.408 e. The number of ether oxygens (including phenoxy) is 1. The molecule has 1 aromatic rings. The van der Waals surface area contributed by atoms with E-state index >= 15 is 0 Å². The molecule has 0 saturated carbocycles. The van der Waals surface area contributed by atoms with Crippen LogP contribution in [0.25, 0.3) is 0 Å².